The Morgan fingerprint density at radius 3 is 1.92 bits per heavy atom. The van der Waals surface area contributed by atoms with E-state index in [1.165, 1.54) is 20.2 Å². The Kier molecular flexibility index (Phi) is 1.41. The zero-order valence-electron chi connectivity index (χ0n) is 6.87. The lowest BCUT2D eigenvalue weighted by atomic mass is 10.2. The van der Waals surface area contributed by atoms with Crippen molar-refractivity contribution in [2.45, 2.75) is 0 Å². The molecule has 3 aromatic rings. The molecule has 0 fully saturated rings. The highest BCUT2D eigenvalue weighted by atomic mass is 32.1. The third-order valence-electron chi connectivity index (χ3n) is 2.16. The third-order valence-corrected chi connectivity index (χ3v) is 3.28. The smallest absolute Gasteiger partial charge is 0.0361 e. The van der Waals surface area contributed by atoms with Gasteiger partial charge in [-0.1, -0.05) is 24.3 Å². The lowest BCUT2D eigenvalue weighted by Gasteiger charge is -1.87. The summed E-state index contributed by atoms with van der Waals surface area (Å²) in [5, 5.41) is 2.65. The first kappa shape index (κ1) is 7.10. The molecule has 60 valence electrons. The number of hydrogen-bond donors (Lipinski definition) is 0. The fraction of sp³-hybridized carbons (Fsp3) is 0. The number of rotatable bonds is 0. The van der Waals surface area contributed by atoms with E-state index in [4.69, 9.17) is 0 Å². The van der Waals surface area contributed by atoms with Crippen LogP contribution in [-0.2, 0) is 0 Å². The monoisotopic (exact) mass is 182 g/mol. The van der Waals surface area contributed by atoms with Crippen LogP contribution in [0.25, 0.3) is 20.2 Å². The van der Waals surface area contributed by atoms with Gasteiger partial charge in [0.2, 0.25) is 0 Å². The zero-order chi connectivity index (χ0) is 8.67. The van der Waals surface area contributed by atoms with Crippen LogP contribution >= 0.6 is 11.3 Å². The minimum atomic E-state index is 1.30. The minimum Gasteiger partial charge on any atom is -0.135 e. The molecule has 0 saturated heterocycles. The van der Waals surface area contributed by atoms with E-state index in [-0.39, 0.29) is 0 Å². The van der Waals surface area contributed by atoms with Gasteiger partial charge in [0.1, 0.15) is 0 Å². The summed E-state index contributed by atoms with van der Waals surface area (Å²) in [4.78, 5) is 0. The number of benzene rings is 2. The summed E-state index contributed by atoms with van der Waals surface area (Å²) in [5.74, 6) is 0. The van der Waals surface area contributed by atoms with Gasteiger partial charge in [-0.05, 0) is 24.3 Å². The van der Waals surface area contributed by atoms with E-state index in [1.807, 2.05) is 24.3 Å². The fourth-order valence-electron chi connectivity index (χ4n) is 1.56. The number of fused-ring (bicyclic) bond motifs is 3. The molecule has 0 amide bonds. The molecule has 0 aliphatic heterocycles. The third kappa shape index (κ3) is 0.973. The molecule has 3 rings (SSSR count). The average Bonchev–Trinajstić information content (AvgIpc) is 2.56. The van der Waals surface area contributed by atoms with Crippen LogP contribution in [-0.4, -0.2) is 0 Å². The van der Waals surface area contributed by atoms with E-state index in [0.717, 1.165) is 0 Å². The molecule has 0 nitrogen and oxygen atoms in total. The largest absolute Gasteiger partial charge is 0.135 e. The summed E-state index contributed by atoms with van der Waals surface area (Å²) in [6.45, 7) is 0. The topological polar surface area (TPSA) is 0 Å². The highest BCUT2D eigenvalue weighted by molar-refractivity contribution is 7.25. The highest BCUT2D eigenvalue weighted by Crippen LogP contribution is 2.32. The van der Waals surface area contributed by atoms with Crippen LogP contribution in [0.15, 0.2) is 36.4 Å². The zero-order valence-corrected chi connectivity index (χ0v) is 7.69. The van der Waals surface area contributed by atoms with E-state index < -0.39 is 0 Å². The molecule has 0 atom stereocenters. The molecule has 0 bridgehead atoms. The van der Waals surface area contributed by atoms with E-state index in [1.54, 1.807) is 11.3 Å². The Hall–Kier alpha value is -1.34. The summed E-state index contributed by atoms with van der Waals surface area (Å²) in [6, 6.07) is 18.4. The molecule has 0 aliphatic carbocycles. The van der Waals surface area contributed by atoms with Crippen molar-refractivity contribution in [1.82, 2.24) is 0 Å². The fourth-order valence-corrected chi connectivity index (χ4v) is 2.63. The lowest BCUT2D eigenvalue weighted by molar-refractivity contribution is 1.81. The van der Waals surface area contributed by atoms with Gasteiger partial charge in [-0.25, -0.2) is 0 Å². The maximum Gasteiger partial charge on any atom is 0.0361 e. The molecule has 1 aromatic heterocycles. The normalized spacial score (nSPS) is 11.1. The van der Waals surface area contributed by atoms with Crippen LogP contribution in [0, 0.1) is 12.1 Å². The standard InChI is InChI=1S/C12H6S/c1-3-7-11-9(5-1)10-6-2-4-8-12(10)13-11/h1-2,5-8H. The van der Waals surface area contributed by atoms with Gasteiger partial charge in [-0.15, -0.1) is 11.3 Å². The van der Waals surface area contributed by atoms with Gasteiger partial charge in [0, 0.05) is 20.2 Å². The molecule has 2 aromatic carbocycles. The van der Waals surface area contributed by atoms with Crippen molar-refractivity contribution in [3.05, 3.63) is 48.5 Å². The number of hydrogen-bond acceptors (Lipinski definition) is 1. The first-order chi connectivity index (χ1) is 6.45. The van der Waals surface area contributed by atoms with Crippen molar-refractivity contribution in [2.24, 2.45) is 0 Å². The second kappa shape index (κ2) is 2.57. The number of thiophene rings is 1. The summed E-state index contributed by atoms with van der Waals surface area (Å²) in [5.41, 5.74) is 0. The van der Waals surface area contributed by atoms with Crippen molar-refractivity contribution in [3.63, 3.8) is 0 Å². The maximum absolute atomic E-state index is 3.10. The Morgan fingerprint density at radius 2 is 1.38 bits per heavy atom. The Labute approximate surface area is 80.4 Å². The van der Waals surface area contributed by atoms with Crippen molar-refractivity contribution in [3.8, 4) is 0 Å². The Morgan fingerprint density at radius 1 is 0.846 bits per heavy atom. The van der Waals surface area contributed by atoms with Crippen LogP contribution < -0.4 is 0 Å². The quantitative estimate of drug-likeness (QED) is 0.497. The van der Waals surface area contributed by atoms with Crippen LogP contribution in [0.2, 0.25) is 0 Å². The molecule has 13 heavy (non-hydrogen) atoms. The van der Waals surface area contributed by atoms with E-state index >= 15 is 0 Å². The minimum absolute atomic E-state index is 1.30. The first-order valence-electron chi connectivity index (χ1n) is 4.13. The van der Waals surface area contributed by atoms with Crippen molar-refractivity contribution in [1.29, 1.82) is 0 Å². The lowest BCUT2D eigenvalue weighted by Crippen LogP contribution is -1.63. The van der Waals surface area contributed by atoms with Gasteiger partial charge in [0.25, 0.3) is 0 Å². The molecule has 1 heterocycles. The average molecular weight is 182 g/mol. The predicted molar refractivity (Wildman–Crippen MR) is 57.0 cm³/mol. The van der Waals surface area contributed by atoms with Gasteiger partial charge in [-0.2, -0.15) is 0 Å². The summed E-state index contributed by atoms with van der Waals surface area (Å²) in [7, 11) is 0. The molecule has 0 aliphatic rings. The van der Waals surface area contributed by atoms with Crippen LogP contribution in [0.1, 0.15) is 0 Å². The molecule has 0 spiro atoms. The second-order valence-corrected chi connectivity index (χ2v) is 4.03. The Balaban J connectivity index is 2.64. The van der Waals surface area contributed by atoms with Crippen LogP contribution in [0.5, 0.6) is 0 Å². The molecule has 0 N–H and O–H groups in total. The van der Waals surface area contributed by atoms with Crippen LogP contribution in [0.4, 0.5) is 0 Å². The molecule has 2 radical (unpaired) electrons. The predicted octanol–water partition coefficient (Wildman–Crippen LogP) is 3.65. The van der Waals surface area contributed by atoms with Gasteiger partial charge in [0.15, 0.2) is 0 Å². The summed E-state index contributed by atoms with van der Waals surface area (Å²) < 4.78 is 2.61. The van der Waals surface area contributed by atoms with Crippen molar-refractivity contribution >= 4 is 31.5 Å². The van der Waals surface area contributed by atoms with E-state index in [0.29, 0.717) is 0 Å². The summed E-state index contributed by atoms with van der Waals surface area (Å²) >= 11 is 1.80. The first-order valence-corrected chi connectivity index (χ1v) is 4.95. The van der Waals surface area contributed by atoms with Gasteiger partial charge >= 0.3 is 0 Å². The molecule has 0 unspecified atom stereocenters. The van der Waals surface area contributed by atoms with Gasteiger partial charge in [0.05, 0.1) is 0 Å². The highest BCUT2D eigenvalue weighted by Gasteiger charge is 2.01. The molecule has 0 saturated carbocycles. The molecular formula is C12H6S. The SMILES string of the molecule is [c]1ccc2c(c1)sc1c[c]ccc12. The van der Waals surface area contributed by atoms with Crippen molar-refractivity contribution in [2.75, 3.05) is 0 Å². The summed E-state index contributed by atoms with van der Waals surface area (Å²) in [6.07, 6.45) is 0. The van der Waals surface area contributed by atoms with Crippen LogP contribution in [0.3, 0.4) is 0 Å². The van der Waals surface area contributed by atoms with Gasteiger partial charge in [-0.3, -0.25) is 0 Å². The van der Waals surface area contributed by atoms with E-state index in [2.05, 4.69) is 24.3 Å². The second-order valence-electron chi connectivity index (χ2n) is 2.95. The molecular weight excluding hydrogens is 176 g/mol. The van der Waals surface area contributed by atoms with E-state index in [9.17, 15) is 0 Å². The van der Waals surface area contributed by atoms with Crippen molar-refractivity contribution < 1.29 is 0 Å². The molecule has 1 heteroatoms. The maximum atomic E-state index is 3.10. The Bertz CT molecular complexity index is 513. The van der Waals surface area contributed by atoms with Gasteiger partial charge < -0.3 is 0 Å².